The van der Waals surface area contributed by atoms with Crippen LogP contribution < -0.4 is 5.32 Å². The molecule has 2 aromatic rings. The number of hydrogen-bond donors (Lipinski definition) is 2. The van der Waals surface area contributed by atoms with E-state index in [1.807, 2.05) is 0 Å². The van der Waals surface area contributed by atoms with Crippen molar-refractivity contribution in [3.63, 3.8) is 0 Å². The summed E-state index contributed by atoms with van der Waals surface area (Å²) in [4.78, 5) is 14.8. The quantitative estimate of drug-likeness (QED) is 0.824. The molecule has 0 aliphatic rings. The Morgan fingerprint density at radius 2 is 2.22 bits per heavy atom. The summed E-state index contributed by atoms with van der Waals surface area (Å²) in [6.07, 6.45) is 0. The van der Waals surface area contributed by atoms with E-state index in [9.17, 15) is 4.79 Å². The summed E-state index contributed by atoms with van der Waals surface area (Å²) in [7, 11) is 0. The van der Waals surface area contributed by atoms with Gasteiger partial charge in [0.1, 0.15) is 5.76 Å². The highest BCUT2D eigenvalue weighted by Crippen LogP contribution is 2.14. The third kappa shape index (κ3) is 2.75. The number of hydrogen-bond acceptors (Lipinski definition) is 6. The van der Waals surface area contributed by atoms with E-state index in [-0.39, 0.29) is 5.76 Å². The first-order valence-electron chi connectivity index (χ1n) is 5.39. The number of aryl methyl sites for hydroxylation is 2. The second-order valence-corrected chi connectivity index (χ2v) is 3.86. The van der Waals surface area contributed by atoms with Crippen LogP contribution in [0.2, 0.25) is 0 Å². The van der Waals surface area contributed by atoms with Crippen molar-refractivity contribution >= 4 is 5.97 Å². The molecule has 0 saturated heterocycles. The van der Waals surface area contributed by atoms with Crippen molar-refractivity contribution in [3.05, 3.63) is 34.9 Å². The number of furan rings is 1. The smallest absolute Gasteiger partial charge is 0.372 e. The zero-order valence-corrected chi connectivity index (χ0v) is 10.1. The second-order valence-electron chi connectivity index (χ2n) is 3.86. The highest BCUT2D eigenvalue weighted by atomic mass is 16.5. The minimum atomic E-state index is -1.06. The zero-order valence-electron chi connectivity index (χ0n) is 10.1. The van der Waals surface area contributed by atoms with E-state index in [0.29, 0.717) is 36.1 Å². The Labute approximate surface area is 103 Å². The van der Waals surface area contributed by atoms with Crippen LogP contribution in [-0.4, -0.2) is 21.2 Å². The first kappa shape index (κ1) is 12.3. The maximum atomic E-state index is 10.8. The van der Waals surface area contributed by atoms with E-state index in [4.69, 9.17) is 14.0 Å². The van der Waals surface area contributed by atoms with Crippen molar-refractivity contribution in [2.24, 2.45) is 0 Å². The monoisotopic (exact) mass is 251 g/mol. The number of carbonyl (C=O) groups is 1. The first-order valence-corrected chi connectivity index (χ1v) is 5.39. The zero-order chi connectivity index (χ0) is 13.1. The molecule has 2 rings (SSSR count). The highest BCUT2D eigenvalue weighted by Gasteiger charge is 2.14. The summed E-state index contributed by atoms with van der Waals surface area (Å²) < 4.78 is 10.0. The molecule has 0 aliphatic carbocycles. The molecule has 0 saturated carbocycles. The van der Waals surface area contributed by atoms with E-state index in [0.717, 1.165) is 0 Å². The van der Waals surface area contributed by atoms with Gasteiger partial charge in [-0.3, -0.25) is 0 Å². The van der Waals surface area contributed by atoms with Crippen LogP contribution in [0, 0.1) is 13.8 Å². The highest BCUT2D eigenvalue weighted by molar-refractivity contribution is 5.86. The van der Waals surface area contributed by atoms with Crippen LogP contribution in [0.4, 0.5) is 0 Å². The van der Waals surface area contributed by atoms with E-state index >= 15 is 0 Å². The number of nitrogens with one attached hydrogen (secondary N) is 1. The van der Waals surface area contributed by atoms with E-state index in [2.05, 4.69) is 15.5 Å². The Balaban J connectivity index is 1.90. The largest absolute Gasteiger partial charge is 0.475 e. The standard InChI is InChI=1S/C11H13N3O4/c1-6-3-8(17-10(6)11(15)16)4-12-5-9-13-7(2)18-14-9/h3,12H,4-5H2,1-2H3,(H,15,16). The molecule has 2 aromatic heterocycles. The average Bonchev–Trinajstić information content (AvgIpc) is 2.85. The van der Waals surface area contributed by atoms with Gasteiger partial charge in [-0.15, -0.1) is 0 Å². The second kappa shape index (κ2) is 5.01. The lowest BCUT2D eigenvalue weighted by Gasteiger charge is -1.97. The fourth-order valence-corrected chi connectivity index (χ4v) is 1.56. The molecule has 96 valence electrons. The number of nitrogens with zero attached hydrogens (tertiary/aromatic N) is 2. The van der Waals surface area contributed by atoms with Crippen LogP contribution in [-0.2, 0) is 13.1 Å². The van der Waals surface area contributed by atoms with Gasteiger partial charge in [0.05, 0.1) is 13.1 Å². The predicted molar refractivity (Wildman–Crippen MR) is 60.0 cm³/mol. The topological polar surface area (TPSA) is 101 Å². The van der Waals surface area contributed by atoms with Crippen molar-refractivity contribution in [1.29, 1.82) is 0 Å². The molecule has 0 aromatic carbocycles. The van der Waals surface area contributed by atoms with Crippen molar-refractivity contribution in [2.75, 3.05) is 0 Å². The van der Waals surface area contributed by atoms with Gasteiger partial charge >= 0.3 is 5.97 Å². The Morgan fingerprint density at radius 3 is 2.78 bits per heavy atom. The molecule has 7 heteroatoms. The van der Waals surface area contributed by atoms with Gasteiger partial charge in [0.2, 0.25) is 11.7 Å². The Hall–Kier alpha value is -2.15. The van der Waals surface area contributed by atoms with Gasteiger partial charge in [0, 0.05) is 12.5 Å². The number of aromatic nitrogens is 2. The third-order valence-electron chi connectivity index (χ3n) is 2.32. The van der Waals surface area contributed by atoms with Gasteiger partial charge in [-0.05, 0) is 13.0 Å². The van der Waals surface area contributed by atoms with E-state index < -0.39 is 5.97 Å². The Kier molecular flexibility index (Phi) is 3.42. The van der Waals surface area contributed by atoms with Crippen LogP contribution in [0.5, 0.6) is 0 Å². The van der Waals surface area contributed by atoms with Gasteiger partial charge in [-0.2, -0.15) is 4.98 Å². The molecular formula is C11H13N3O4. The van der Waals surface area contributed by atoms with E-state index in [1.165, 1.54) is 0 Å². The van der Waals surface area contributed by atoms with Crippen LogP contribution in [0.1, 0.15) is 33.6 Å². The molecular weight excluding hydrogens is 238 g/mol. The molecule has 0 aliphatic heterocycles. The molecule has 0 bridgehead atoms. The molecule has 0 fully saturated rings. The van der Waals surface area contributed by atoms with Crippen LogP contribution in [0.25, 0.3) is 0 Å². The van der Waals surface area contributed by atoms with Crippen LogP contribution >= 0.6 is 0 Å². The number of aromatic carboxylic acids is 1. The van der Waals surface area contributed by atoms with Gasteiger partial charge in [0.25, 0.3) is 0 Å². The molecule has 2 N–H and O–H groups in total. The SMILES string of the molecule is Cc1nc(CNCc2cc(C)c(C(=O)O)o2)no1. The lowest BCUT2D eigenvalue weighted by atomic mass is 10.2. The lowest BCUT2D eigenvalue weighted by molar-refractivity contribution is 0.0659. The van der Waals surface area contributed by atoms with Gasteiger partial charge in [-0.1, -0.05) is 5.16 Å². The molecule has 2 heterocycles. The summed E-state index contributed by atoms with van der Waals surface area (Å²) in [5, 5.41) is 15.6. The minimum Gasteiger partial charge on any atom is -0.475 e. The molecule has 0 spiro atoms. The van der Waals surface area contributed by atoms with E-state index in [1.54, 1.807) is 19.9 Å². The average molecular weight is 251 g/mol. The van der Waals surface area contributed by atoms with Crippen molar-refractivity contribution in [1.82, 2.24) is 15.5 Å². The van der Waals surface area contributed by atoms with Crippen molar-refractivity contribution in [3.8, 4) is 0 Å². The minimum absolute atomic E-state index is 0.0257. The lowest BCUT2D eigenvalue weighted by Crippen LogP contribution is -2.13. The molecule has 18 heavy (non-hydrogen) atoms. The van der Waals surface area contributed by atoms with Crippen LogP contribution in [0.3, 0.4) is 0 Å². The third-order valence-corrected chi connectivity index (χ3v) is 2.32. The fourth-order valence-electron chi connectivity index (χ4n) is 1.56. The maximum Gasteiger partial charge on any atom is 0.372 e. The molecule has 0 atom stereocenters. The number of carboxylic acid groups (broad SMARTS) is 1. The summed E-state index contributed by atoms with van der Waals surface area (Å²) in [6.45, 7) is 4.24. The Bertz CT molecular complexity index is 558. The summed E-state index contributed by atoms with van der Waals surface area (Å²) >= 11 is 0. The van der Waals surface area contributed by atoms with Gasteiger partial charge in [0.15, 0.2) is 5.82 Å². The fraction of sp³-hybridized carbons (Fsp3) is 0.364. The number of rotatable bonds is 5. The molecule has 0 radical (unpaired) electrons. The number of carboxylic acids is 1. The van der Waals surface area contributed by atoms with Gasteiger partial charge < -0.3 is 19.4 Å². The molecule has 0 unspecified atom stereocenters. The molecule has 0 amide bonds. The summed E-state index contributed by atoms with van der Waals surface area (Å²) in [5.41, 5.74) is 0.606. The Morgan fingerprint density at radius 1 is 1.44 bits per heavy atom. The molecule has 7 nitrogen and oxygen atoms in total. The summed E-state index contributed by atoms with van der Waals surface area (Å²) in [6, 6.07) is 1.69. The van der Waals surface area contributed by atoms with Crippen LogP contribution in [0.15, 0.2) is 15.0 Å². The predicted octanol–water partition coefficient (Wildman–Crippen LogP) is 1.27. The first-order chi connectivity index (χ1) is 8.56. The summed E-state index contributed by atoms with van der Waals surface area (Å²) in [5.74, 6) is 0.530. The van der Waals surface area contributed by atoms with Crippen molar-refractivity contribution < 1.29 is 18.8 Å². The maximum absolute atomic E-state index is 10.8. The normalized spacial score (nSPS) is 10.8. The van der Waals surface area contributed by atoms with Gasteiger partial charge in [-0.25, -0.2) is 4.79 Å². The van der Waals surface area contributed by atoms with Crippen molar-refractivity contribution in [2.45, 2.75) is 26.9 Å².